The van der Waals surface area contributed by atoms with Crippen LogP contribution in [0.4, 0.5) is 10.5 Å². The fourth-order valence-corrected chi connectivity index (χ4v) is 1.44. The van der Waals surface area contributed by atoms with Crippen LogP contribution in [0, 0.1) is 12.8 Å². The van der Waals surface area contributed by atoms with Gasteiger partial charge in [-0.05, 0) is 30.9 Å². The first-order valence-corrected chi connectivity index (χ1v) is 5.33. The molecule has 0 saturated carbocycles. The fraction of sp³-hybridized carbons (Fsp3) is 0.500. The summed E-state index contributed by atoms with van der Waals surface area (Å²) in [6.07, 6.45) is 2.14. The second-order valence-corrected chi connectivity index (χ2v) is 4.21. The number of amides is 1. The number of hydrogen-bond acceptors (Lipinski definition) is 3. The molecule has 4 nitrogen and oxygen atoms in total. The molecule has 1 aromatic heterocycles. The Morgan fingerprint density at radius 2 is 2.25 bits per heavy atom. The van der Waals surface area contributed by atoms with Gasteiger partial charge in [0, 0.05) is 5.69 Å². The molecule has 0 spiro atoms. The van der Waals surface area contributed by atoms with Crippen LogP contribution in [-0.2, 0) is 11.2 Å². The third-order valence-corrected chi connectivity index (χ3v) is 2.21. The number of methoxy groups -OCH3 is 1. The lowest BCUT2D eigenvalue weighted by Crippen LogP contribution is -2.12. The number of aromatic nitrogens is 1. The SMILES string of the molecule is COC(=O)Nc1cnc(CC(C)C)cc1C. The van der Waals surface area contributed by atoms with Crippen molar-refractivity contribution in [1.29, 1.82) is 0 Å². The predicted molar refractivity (Wildman–Crippen MR) is 63.5 cm³/mol. The summed E-state index contributed by atoms with van der Waals surface area (Å²) in [5, 5.41) is 2.62. The second-order valence-electron chi connectivity index (χ2n) is 4.21. The van der Waals surface area contributed by atoms with Gasteiger partial charge in [-0.1, -0.05) is 13.8 Å². The molecule has 1 rings (SSSR count). The van der Waals surface area contributed by atoms with Gasteiger partial charge in [0.15, 0.2) is 0 Å². The summed E-state index contributed by atoms with van der Waals surface area (Å²) in [7, 11) is 1.34. The van der Waals surface area contributed by atoms with Gasteiger partial charge in [0.1, 0.15) is 0 Å². The average molecular weight is 222 g/mol. The van der Waals surface area contributed by atoms with Crippen molar-refractivity contribution >= 4 is 11.8 Å². The summed E-state index contributed by atoms with van der Waals surface area (Å²) in [4.78, 5) is 15.3. The minimum atomic E-state index is -0.471. The largest absolute Gasteiger partial charge is 0.453 e. The molecule has 0 atom stereocenters. The number of anilines is 1. The first-order valence-electron chi connectivity index (χ1n) is 5.33. The molecule has 1 amide bonds. The van der Waals surface area contributed by atoms with E-state index in [1.165, 1.54) is 7.11 Å². The van der Waals surface area contributed by atoms with Crippen LogP contribution in [0.2, 0.25) is 0 Å². The summed E-state index contributed by atoms with van der Waals surface area (Å²) in [6.45, 7) is 6.24. The molecule has 0 unspecified atom stereocenters. The maximum atomic E-state index is 11.0. The van der Waals surface area contributed by atoms with Crippen LogP contribution < -0.4 is 5.32 Å². The molecule has 16 heavy (non-hydrogen) atoms. The number of carbonyl (C=O) groups excluding carboxylic acids is 1. The van der Waals surface area contributed by atoms with E-state index in [1.807, 2.05) is 13.0 Å². The van der Waals surface area contributed by atoms with Crippen molar-refractivity contribution in [2.45, 2.75) is 27.2 Å². The minimum Gasteiger partial charge on any atom is -0.453 e. The van der Waals surface area contributed by atoms with Crippen LogP contribution in [0.5, 0.6) is 0 Å². The topological polar surface area (TPSA) is 51.2 Å². The van der Waals surface area contributed by atoms with E-state index < -0.39 is 6.09 Å². The van der Waals surface area contributed by atoms with Gasteiger partial charge >= 0.3 is 6.09 Å². The standard InChI is InChI=1S/C12H18N2O2/c1-8(2)5-10-6-9(3)11(7-13-10)14-12(15)16-4/h6-8H,5H2,1-4H3,(H,14,15). The maximum absolute atomic E-state index is 11.0. The van der Waals surface area contributed by atoms with Gasteiger partial charge in [-0.15, -0.1) is 0 Å². The van der Waals surface area contributed by atoms with Crippen molar-refractivity contribution in [1.82, 2.24) is 4.98 Å². The highest BCUT2D eigenvalue weighted by Gasteiger charge is 2.06. The van der Waals surface area contributed by atoms with Crippen LogP contribution >= 0.6 is 0 Å². The van der Waals surface area contributed by atoms with Gasteiger partial charge in [-0.25, -0.2) is 4.79 Å². The Bertz CT molecular complexity index is 375. The average Bonchev–Trinajstić information content (AvgIpc) is 2.21. The molecule has 0 aliphatic rings. The van der Waals surface area contributed by atoms with E-state index in [-0.39, 0.29) is 0 Å². The van der Waals surface area contributed by atoms with Crippen LogP contribution in [0.1, 0.15) is 25.1 Å². The minimum absolute atomic E-state index is 0.471. The third-order valence-electron chi connectivity index (χ3n) is 2.21. The number of rotatable bonds is 3. The summed E-state index contributed by atoms with van der Waals surface area (Å²) in [5.74, 6) is 0.575. The highest BCUT2D eigenvalue weighted by atomic mass is 16.5. The zero-order chi connectivity index (χ0) is 12.1. The molecule has 0 bridgehead atoms. The monoisotopic (exact) mass is 222 g/mol. The molecule has 0 fully saturated rings. The maximum Gasteiger partial charge on any atom is 0.411 e. The Balaban J connectivity index is 2.79. The lowest BCUT2D eigenvalue weighted by Gasteiger charge is -2.09. The van der Waals surface area contributed by atoms with E-state index in [4.69, 9.17) is 0 Å². The number of pyridine rings is 1. The first kappa shape index (κ1) is 12.5. The molecule has 0 saturated heterocycles. The van der Waals surface area contributed by atoms with Crippen molar-refractivity contribution in [3.63, 3.8) is 0 Å². The molecule has 0 radical (unpaired) electrons. The zero-order valence-electron chi connectivity index (χ0n) is 10.2. The van der Waals surface area contributed by atoms with Crippen LogP contribution in [-0.4, -0.2) is 18.2 Å². The molecule has 1 aromatic rings. The van der Waals surface area contributed by atoms with E-state index in [2.05, 4.69) is 28.9 Å². The summed E-state index contributed by atoms with van der Waals surface area (Å²) in [5.41, 5.74) is 2.73. The van der Waals surface area contributed by atoms with Crippen molar-refractivity contribution in [2.75, 3.05) is 12.4 Å². The van der Waals surface area contributed by atoms with E-state index >= 15 is 0 Å². The van der Waals surface area contributed by atoms with E-state index in [0.717, 1.165) is 17.7 Å². The number of ether oxygens (including phenoxy) is 1. The highest BCUT2D eigenvalue weighted by Crippen LogP contribution is 2.16. The Morgan fingerprint density at radius 3 is 2.75 bits per heavy atom. The summed E-state index contributed by atoms with van der Waals surface area (Å²) < 4.78 is 4.53. The van der Waals surface area contributed by atoms with Crippen LogP contribution in [0.3, 0.4) is 0 Å². The normalized spacial score (nSPS) is 10.3. The number of carbonyl (C=O) groups is 1. The van der Waals surface area contributed by atoms with Crippen molar-refractivity contribution in [3.8, 4) is 0 Å². The molecule has 0 aliphatic heterocycles. The summed E-state index contributed by atoms with van der Waals surface area (Å²) in [6, 6.07) is 1.99. The number of nitrogens with zero attached hydrogens (tertiary/aromatic N) is 1. The molecule has 0 aliphatic carbocycles. The van der Waals surface area contributed by atoms with Crippen LogP contribution in [0.25, 0.3) is 0 Å². The number of aryl methyl sites for hydroxylation is 1. The molecule has 1 N–H and O–H groups in total. The first-order chi connectivity index (χ1) is 7.52. The van der Waals surface area contributed by atoms with E-state index in [1.54, 1.807) is 6.20 Å². The van der Waals surface area contributed by atoms with Crippen LogP contribution in [0.15, 0.2) is 12.3 Å². The predicted octanol–water partition coefficient (Wildman–Crippen LogP) is 2.77. The third kappa shape index (κ3) is 3.53. The van der Waals surface area contributed by atoms with Crippen molar-refractivity contribution in [2.24, 2.45) is 5.92 Å². The molecule has 4 heteroatoms. The van der Waals surface area contributed by atoms with Gasteiger partial charge in [0.25, 0.3) is 0 Å². The lowest BCUT2D eigenvalue weighted by atomic mass is 10.1. The van der Waals surface area contributed by atoms with Gasteiger partial charge in [-0.2, -0.15) is 0 Å². The smallest absolute Gasteiger partial charge is 0.411 e. The van der Waals surface area contributed by atoms with Gasteiger partial charge in [-0.3, -0.25) is 10.3 Å². The van der Waals surface area contributed by atoms with Gasteiger partial charge < -0.3 is 4.74 Å². The molecule has 1 heterocycles. The molecular weight excluding hydrogens is 204 g/mol. The second kappa shape index (κ2) is 5.49. The molecular formula is C12H18N2O2. The quantitative estimate of drug-likeness (QED) is 0.855. The van der Waals surface area contributed by atoms with Gasteiger partial charge in [0.05, 0.1) is 19.0 Å². The Kier molecular flexibility index (Phi) is 4.28. The number of hydrogen-bond donors (Lipinski definition) is 1. The highest BCUT2D eigenvalue weighted by molar-refractivity contribution is 5.85. The molecule has 88 valence electrons. The number of nitrogens with one attached hydrogen (secondary N) is 1. The Morgan fingerprint density at radius 1 is 1.56 bits per heavy atom. The van der Waals surface area contributed by atoms with E-state index in [9.17, 15) is 4.79 Å². The van der Waals surface area contributed by atoms with E-state index in [0.29, 0.717) is 11.6 Å². The zero-order valence-corrected chi connectivity index (χ0v) is 10.2. The summed E-state index contributed by atoms with van der Waals surface area (Å²) >= 11 is 0. The van der Waals surface area contributed by atoms with Crippen molar-refractivity contribution < 1.29 is 9.53 Å². The fourth-order valence-electron chi connectivity index (χ4n) is 1.44. The van der Waals surface area contributed by atoms with Gasteiger partial charge in [0.2, 0.25) is 0 Å². The Hall–Kier alpha value is -1.58. The Labute approximate surface area is 96.0 Å². The molecule has 0 aromatic carbocycles. The van der Waals surface area contributed by atoms with Crippen molar-refractivity contribution in [3.05, 3.63) is 23.5 Å². The lowest BCUT2D eigenvalue weighted by molar-refractivity contribution is 0.187.